The van der Waals surface area contributed by atoms with E-state index >= 15 is 0 Å². The SMILES string of the molecule is Cc1noc(-c2c(C)sc(C)c2S(=O)(=O)N2CCN(C(=O)c3ccco3)CC2)c1C. The van der Waals surface area contributed by atoms with Crippen molar-refractivity contribution >= 4 is 27.3 Å². The Bertz CT molecular complexity index is 1180. The molecule has 0 unspecified atom stereocenters. The quantitative estimate of drug-likeness (QED) is 0.606. The second-order valence-corrected chi connectivity index (χ2v) is 10.6. The predicted octanol–water partition coefficient (Wildman–Crippen LogP) is 3.38. The Hall–Kier alpha value is -2.43. The van der Waals surface area contributed by atoms with E-state index in [1.807, 2.05) is 27.7 Å². The van der Waals surface area contributed by atoms with E-state index in [-0.39, 0.29) is 29.7 Å². The molecule has 3 aromatic heterocycles. The van der Waals surface area contributed by atoms with Crippen LogP contribution in [0, 0.1) is 27.7 Å². The highest BCUT2D eigenvalue weighted by Gasteiger charge is 2.36. The molecule has 10 heteroatoms. The standard InChI is InChI=1S/C20H23N3O5S2/c1-12-13(2)21-28-18(12)17-14(3)29-15(4)19(17)30(25,26)23-9-7-22(8-10-23)20(24)16-6-5-11-27-16/h5-6,11H,7-10H2,1-4H3. The first-order valence-corrected chi connectivity index (χ1v) is 11.8. The van der Waals surface area contributed by atoms with Crippen LogP contribution in [0.1, 0.15) is 31.6 Å². The second-order valence-electron chi connectivity index (χ2n) is 7.31. The molecule has 160 valence electrons. The van der Waals surface area contributed by atoms with E-state index in [1.165, 1.54) is 21.9 Å². The Morgan fingerprint density at radius 3 is 2.37 bits per heavy atom. The van der Waals surface area contributed by atoms with Crippen molar-refractivity contribution in [3.63, 3.8) is 0 Å². The van der Waals surface area contributed by atoms with E-state index in [4.69, 9.17) is 8.94 Å². The van der Waals surface area contributed by atoms with E-state index in [1.54, 1.807) is 17.0 Å². The van der Waals surface area contributed by atoms with Crippen LogP contribution < -0.4 is 0 Å². The third kappa shape index (κ3) is 3.38. The number of piperazine rings is 1. The van der Waals surface area contributed by atoms with Gasteiger partial charge in [0.15, 0.2) is 11.5 Å². The number of carbonyl (C=O) groups excluding carboxylic acids is 1. The molecular formula is C20H23N3O5S2. The van der Waals surface area contributed by atoms with Gasteiger partial charge in [-0.2, -0.15) is 4.31 Å². The predicted molar refractivity (Wildman–Crippen MR) is 112 cm³/mol. The number of hydrogen-bond acceptors (Lipinski definition) is 7. The third-order valence-corrected chi connectivity index (χ3v) is 8.67. The first-order valence-electron chi connectivity index (χ1n) is 9.58. The molecule has 0 atom stereocenters. The maximum atomic E-state index is 13.6. The average molecular weight is 450 g/mol. The van der Waals surface area contributed by atoms with Gasteiger partial charge in [-0.15, -0.1) is 11.3 Å². The number of furan rings is 1. The summed E-state index contributed by atoms with van der Waals surface area (Å²) in [6, 6.07) is 3.27. The topological polar surface area (TPSA) is 96.9 Å². The average Bonchev–Trinajstić information content (AvgIpc) is 3.43. The monoisotopic (exact) mass is 449 g/mol. The number of aryl methyl sites for hydroxylation is 3. The Morgan fingerprint density at radius 1 is 1.10 bits per heavy atom. The summed E-state index contributed by atoms with van der Waals surface area (Å²) in [7, 11) is -3.77. The molecule has 1 aliphatic rings. The highest BCUT2D eigenvalue weighted by Crippen LogP contribution is 2.42. The minimum atomic E-state index is -3.77. The van der Waals surface area contributed by atoms with Crippen LogP contribution >= 0.6 is 11.3 Å². The van der Waals surface area contributed by atoms with Crippen LogP contribution in [0.25, 0.3) is 11.3 Å². The van der Waals surface area contributed by atoms with Gasteiger partial charge < -0.3 is 13.8 Å². The molecule has 1 fully saturated rings. The van der Waals surface area contributed by atoms with Gasteiger partial charge in [0.25, 0.3) is 5.91 Å². The van der Waals surface area contributed by atoms with Crippen molar-refractivity contribution in [2.45, 2.75) is 32.6 Å². The van der Waals surface area contributed by atoms with E-state index in [0.717, 1.165) is 16.1 Å². The van der Waals surface area contributed by atoms with E-state index < -0.39 is 10.0 Å². The fourth-order valence-electron chi connectivity index (χ4n) is 3.70. The molecule has 30 heavy (non-hydrogen) atoms. The van der Waals surface area contributed by atoms with Gasteiger partial charge >= 0.3 is 0 Å². The van der Waals surface area contributed by atoms with Gasteiger partial charge in [0, 0.05) is 41.5 Å². The minimum Gasteiger partial charge on any atom is -0.459 e. The van der Waals surface area contributed by atoms with E-state index in [2.05, 4.69) is 5.16 Å². The highest BCUT2D eigenvalue weighted by atomic mass is 32.2. The molecular weight excluding hydrogens is 426 g/mol. The number of thiophene rings is 1. The summed E-state index contributed by atoms with van der Waals surface area (Å²) in [6.45, 7) is 8.46. The molecule has 3 aromatic rings. The number of sulfonamides is 1. The van der Waals surface area contributed by atoms with Gasteiger partial charge in [0.05, 0.1) is 17.5 Å². The maximum Gasteiger partial charge on any atom is 0.289 e. The number of aromatic nitrogens is 1. The highest BCUT2D eigenvalue weighted by molar-refractivity contribution is 7.89. The van der Waals surface area contributed by atoms with Gasteiger partial charge in [0.2, 0.25) is 10.0 Å². The summed E-state index contributed by atoms with van der Waals surface area (Å²) < 4.78 is 39.3. The van der Waals surface area contributed by atoms with Crippen molar-refractivity contribution in [1.82, 2.24) is 14.4 Å². The molecule has 0 radical (unpaired) electrons. The van der Waals surface area contributed by atoms with Crippen LogP contribution in [-0.2, 0) is 10.0 Å². The Morgan fingerprint density at radius 2 is 1.80 bits per heavy atom. The first kappa shape index (κ1) is 20.8. The minimum absolute atomic E-state index is 0.219. The molecule has 0 N–H and O–H groups in total. The molecule has 8 nitrogen and oxygen atoms in total. The molecule has 0 saturated carbocycles. The normalized spacial score (nSPS) is 15.7. The maximum absolute atomic E-state index is 13.6. The van der Waals surface area contributed by atoms with E-state index in [0.29, 0.717) is 29.3 Å². The van der Waals surface area contributed by atoms with Crippen LogP contribution in [0.3, 0.4) is 0 Å². The lowest BCUT2D eigenvalue weighted by atomic mass is 10.1. The lowest BCUT2D eigenvalue weighted by molar-refractivity contribution is 0.0666. The third-order valence-electron chi connectivity index (χ3n) is 5.44. The molecule has 4 heterocycles. The fourth-order valence-corrected chi connectivity index (χ4v) is 6.93. The number of rotatable bonds is 4. The number of nitrogens with zero attached hydrogens (tertiary/aromatic N) is 3. The summed E-state index contributed by atoms with van der Waals surface area (Å²) >= 11 is 1.43. The molecule has 0 bridgehead atoms. The molecule has 0 spiro atoms. The molecule has 0 aromatic carbocycles. The zero-order valence-electron chi connectivity index (χ0n) is 17.3. The number of carbonyl (C=O) groups is 1. The van der Waals surface area contributed by atoms with Crippen molar-refractivity contribution in [3.8, 4) is 11.3 Å². The summed E-state index contributed by atoms with van der Waals surface area (Å²) in [4.78, 5) is 15.9. The smallest absolute Gasteiger partial charge is 0.289 e. The zero-order valence-corrected chi connectivity index (χ0v) is 18.9. The van der Waals surface area contributed by atoms with Crippen molar-refractivity contribution in [3.05, 3.63) is 45.2 Å². The van der Waals surface area contributed by atoms with Gasteiger partial charge in [-0.3, -0.25) is 4.79 Å². The molecule has 1 aliphatic heterocycles. The van der Waals surface area contributed by atoms with Crippen LogP contribution in [-0.4, -0.2) is 54.9 Å². The Kier molecular flexibility index (Phi) is 5.33. The van der Waals surface area contributed by atoms with Gasteiger partial charge in [-0.05, 0) is 39.8 Å². The first-order chi connectivity index (χ1) is 14.2. The summed E-state index contributed by atoms with van der Waals surface area (Å²) in [5, 5.41) is 4.00. The Labute approximate surface area is 179 Å². The summed E-state index contributed by atoms with van der Waals surface area (Å²) in [6.07, 6.45) is 1.45. The zero-order chi connectivity index (χ0) is 21.6. The van der Waals surface area contributed by atoms with Crippen molar-refractivity contribution in [2.75, 3.05) is 26.2 Å². The van der Waals surface area contributed by atoms with Gasteiger partial charge in [0.1, 0.15) is 4.90 Å². The van der Waals surface area contributed by atoms with Crippen LogP contribution in [0.15, 0.2) is 32.2 Å². The van der Waals surface area contributed by atoms with Crippen LogP contribution in [0.5, 0.6) is 0 Å². The van der Waals surface area contributed by atoms with Crippen molar-refractivity contribution in [2.24, 2.45) is 0 Å². The lowest BCUT2D eigenvalue weighted by Gasteiger charge is -2.33. The van der Waals surface area contributed by atoms with Crippen LogP contribution in [0.2, 0.25) is 0 Å². The lowest BCUT2D eigenvalue weighted by Crippen LogP contribution is -2.50. The molecule has 1 amide bonds. The van der Waals surface area contributed by atoms with E-state index in [9.17, 15) is 13.2 Å². The molecule has 0 aliphatic carbocycles. The molecule has 1 saturated heterocycles. The number of amides is 1. The summed E-state index contributed by atoms with van der Waals surface area (Å²) in [5.74, 6) is 0.529. The number of hydrogen-bond donors (Lipinski definition) is 0. The van der Waals surface area contributed by atoms with Gasteiger partial charge in [-0.1, -0.05) is 5.16 Å². The van der Waals surface area contributed by atoms with Crippen molar-refractivity contribution in [1.29, 1.82) is 0 Å². The van der Waals surface area contributed by atoms with Gasteiger partial charge in [-0.25, -0.2) is 8.42 Å². The van der Waals surface area contributed by atoms with Crippen LogP contribution in [0.4, 0.5) is 0 Å². The Balaban J connectivity index is 1.63. The largest absolute Gasteiger partial charge is 0.459 e. The molecule has 4 rings (SSSR count). The van der Waals surface area contributed by atoms with Crippen molar-refractivity contribution < 1.29 is 22.2 Å². The second kappa shape index (κ2) is 7.68. The summed E-state index contributed by atoms with van der Waals surface area (Å²) in [5.41, 5.74) is 2.16. The fraction of sp³-hybridized carbons (Fsp3) is 0.400.